The average Bonchev–Trinajstić information content (AvgIpc) is 2.32. The molecule has 19 heavy (non-hydrogen) atoms. The largest absolute Gasteiger partial charge is 0.398 e. The van der Waals surface area contributed by atoms with E-state index < -0.39 is 22.4 Å². The second-order valence-electron chi connectivity index (χ2n) is 3.91. The van der Waals surface area contributed by atoms with Crippen molar-refractivity contribution in [1.82, 2.24) is 0 Å². The van der Waals surface area contributed by atoms with Crippen molar-refractivity contribution < 1.29 is 13.0 Å². The van der Waals surface area contributed by atoms with Crippen LogP contribution in [0.4, 0.5) is 14.5 Å². The topological polar surface area (TPSA) is 43.1 Å². The molecule has 0 bridgehead atoms. The first-order valence-electron chi connectivity index (χ1n) is 5.34. The Hall–Kier alpha value is -1.27. The van der Waals surface area contributed by atoms with Crippen LogP contribution in [-0.4, -0.2) is 4.21 Å². The lowest BCUT2D eigenvalue weighted by molar-refractivity contribution is 0.614. The molecule has 2 nitrogen and oxygen atoms in total. The van der Waals surface area contributed by atoms with Gasteiger partial charge in [-0.25, -0.2) is 8.78 Å². The van der Waals surface area contributed by atoms with Crippen molar-refractivity contribution >= 4 is 32.4 Å². The van der Waals surface area contributed by atoms with Crippen molar-refractivity contribution in [3.05, 3.63) is 58.1 Å². The van der Waals surface area contributed by atoms with E-state index >= 15 is 0 Å². The molecule has 0 aromatic heterocycles. The summed E-state index contributed by atoms with van der Waals surface area (Å²) in [5, 5.41) is 0. The molecular formula is C13H10BrF2NOS. The summed E-state index contributed by atoms with van der Waals surface area (Å²) < 4.78 is 39.3. The molecule has 0 saturated heterocycles. The first-order chi connectivity index (χ1) is 8.97. The molecule has 0 saturated carbocycles. The average molecular weight is 346 g/mol. The monoisotopic (exact) mass is 345 g/mol. The van der Waals surface area contributed by atoms with Crippen LogP contribution in [0.1, 0.15) is 5.56 Å². The van der Waals surface area contributed by atoms with Gasteiger partial charge in [-0.3, -0.25) is 4.21 Å². The van der Waals surface area contributed by atoms with Crippen molar-refractivity contribution in [2.75, 3.05) is 5.73 Å². The molecule has 0 aliphatic rings. The summed E-state index contributed by atoms with van der Waals surface area (Å²) in [6.45, 7) is 0. The zero-order chi connectivity index (χ0) is 14.0. The number of anilines is 1. The molecule has 0 fully saturated rings. The van der Waals surface area contributed by atoms with E-state index in [2.05, 4.69) is 15.9 Å². The molecule has 0 radical (unpaired) electrons. The summed E-state index contributed by atoms with van der Waals surface area (Å²) in [6.07, 6.45) is 0. The van der Waals surface area contributed by atoms with E-state index in [1.54, 1.807) is 12.1 Å². The molecule has 100 valence electrons. The van der Waals surface area contributed by atoms with Gasteiger partial charge in [-0.1, -0.05) is 22.0 Å². The minimum absolute atomic E-state index is 0.00501. The fourth-order valence-corrected chi connectivity index (χ4v) is 3.13. The van der Waals surface area contributed by atoms with Crippen molar-refractivity contribution in [1.29, 1.82) is 0 Å². The van der Waals surface area contributed by atoms with Gasteiger partial charge in [-0.05, 0) is 30.3 Å². The molecule has 0 spiro atoms. The number of hydrogen-bond donors (Lipinski definition) is 1. The van der Waals surface area contributed by atoms with E-state index in [9.17, 15) is 13.0 Å². The normalized spacial score (nSPS) is 12.4. The summed E-state index contributed by atoms with van der Waals surface area (Å²) in [5.41, 5.74) is 6.04. The molecule has 2 N–H and O–H groups in total. The maximum Gasteiger partial charge on any atom is 0.128 e. The van der Waals surface area contributed by atoms with Crippen LogP contribution < -0.4 is 5.73 Å². The number of hydrogen-bond acceptors (Lipinski definition) is 2. The summed E-state index contributed by atoms with van der Waals surface area (Å²) in [5.74, 6) is -0.939. The van der Waals surface area contributed by atoms with E-state index in [0.717, 1.165) is 6.07 Å². The minimum atomic E-state index is -1.52. The Bertz CT molecular complexity index is 649. The van der Waals surface area contributed by atoms with Gasteiger partial charge in [0, 0.05) is 10.0 Å². The highest BCUT2D eigenvalue weighted by Crippen LogP contribution is 2.22. The van der Waals surface area contributed by atoms with Crippen molar-refractivity contribution in [2.24, 2.45) is 0 Å². The third-order valence-electron chi connectivity index (χ3n) is 2.52. The molecule has 2 aromatic carbocycles. The molecule has 0 heterocycles. The number of rotatable bonds is 3. The van der Waals surface area contributed by atoms with Crippen LogP contribution in [0.15, 0.2) is 45.8 Å². The Balaban J connectivity index is 2.25. The van der Waals surface area contributed by atoms with Crippen LogP contribution in [0.25, 0.3) is 0 Å². The number of benzene rings is 2. The second-order valence-corrected chi connectivity index (χ2v) is 6.24. The van der Waals surface area contributed by atoms with Crippen LogP contribution >= 0.6 is 15.9 Å². The number of nitrogen functional groups attached to an aromatic ring is 1. The van der Waals surface area contributed by atoms with E-state index in [4.69, 9.17) is 5.73 Å². The Labute approximate surface area is 120 Å². The van der Waals surface area contributed by atoms with E-state index in [0.29, 0.717) is 14.9 Å². The van der Waals surface area contributed by atoms with Gasteiger partial charge in [0.1, 0.15) is 11.6 Å². The third-order valence-corrected chi connectivity index (χ3v) is 4.45. The van der Waals surface area contributed by atoms with Crippen LogP contribution in [0.5, 0.6) is 0 Å². The predicted molar refractivity (Wildman–Crippen MR) is 75.0 cm³/mol. The molecule has 0 aliphatic heterocycles. The van der Waals surface area contributed by atoms with Crippen molar-refractivity contribution in [3.63, 3.8) is 0 Å². The van der Waals surface area contributed by atoms with E-state index in [-0.39, 0.29) is 11.4 Å². The van der Waals surface area contributed by atoms with Gasteiger partial charge >= 0.3 is 0 Å². The van der Waals surface area contributed by atoms with Gasteiger partial charge in [0.05, 0.1) is 27.1 Å². The van der Waals surface area contributed by atoms with Gasteiger partial charge in [0.15, 0.2) is 0 Å². The Morgan fingerprint density at radius 2 is 1.89 bits per heavy atom. The molecule has 1 atom stereocenters. The highest BCUT2D eigenvalue weighted by atomic mass is 79.9. The smallest absolute Gasteiger partial charge is 0.128 e. The van der Waals surface area contributed by atoms with E-state index in [1.165, 1.54) is 18.2 Å². The zero-order valence-corrected chi connectivity index (χ0v) is 12.1. The third kappa shape index (κ3) is 3.39. The maximum atomic E-state index is 13.6. The lowest BCUT2D eigenvalue weighted by Crippen LogP contribution is -2.03. The Kier molecular flexibility index (Phi) is 4.31. The van der Waals surface area contributed by atoms with E-state index in [1.807, 2.05) is 0 Å². The van der Waals surface area contributed by atoms with Gasteiger partial charge in [0.25, 0.3) is 0 Å². The second kappa shape index (κ2) is 5.79. The summed E-state index contributed by atoms with van der Waals surface area (Å²) in [7, 11) is -1.52. The fraction of sp³-hybridized carbons (Fsp3) is 0.0769. The van der Waals surface area contributed by atoms with Crippen LogP contribution in [0, 0.1) is 11.6 Å². The van der Waals surface area contributed by atoms with Crippen LogP contribution in [0.2, 0.25) is 0 Å². The molecule has 1 unspecified atom stereocenters. The SMILES string of the molecule is Nc1cc(F)ccc1S(=O)Cc1ccc(Br)cc1F. The lowest BCUT2D eigenvalue weighted by Gasteiger charge is -2.07. The summed E-state index contributed by atoms with van der Waals surface area (Å²) in [6, 6.07) is 8.17. The van der Waals surface area contributed by atoms with Gasteiger partial charge in [0.2, 0.25) is 0 Å². The summed E-state index contributed by atoms with van der Waals surface area (Å²) in [4.78, 5) is 0.309. The molecule has 0 aliphatic carbocycles. The highest BCUT2D eigenvalue weighted by Gasteiger charge is 2.12. The van der Waals surface area contributed by atoms with Crippen molar-refractivity contribution in [2.45, 2.75) is 10.6 Å². The molecular weight excluding hydrogens is 336 g/mol. The Morgan fingerprint density at radius 3 is 2.53 bits per heavy atom. The van der Waals surface area contributed by atoms with Crippen LogP contribution in [0.3, 0.4) is 0 Å². The fourth-order valence-electron chi connectivity index (χ4n) is 1.58. The standard InChI is InChI=1S/C13H10BrF2NOS/c14-9-2-1-8(11(16)5-9)7-19(18)13-4-3-10(15)6-12(13)17/h1-6H,7,17H2. The quantitative estimate of drug-likeness (QED) is 0.863. The first kappa shape index (κ1) is 14.1. The number of halogens is 3. The van der Waals surface area contributed by atoms with Gasteiger partial charge in [-0.15, -0.1) is 0 Å². The van der Waals surface area contributed by atoms with Gasteiger partial charge < -0.3 is 5.73 Å². The number of nitrogens with two attached hydrogens (primary N) is 1. The molecule has 6 heteroatoms. The zero-order valence-electron chi connectivity index (χ0n) is 9.70. The van der Waals surface area contributed by atoms with Crippen molar-refractivity contribution in [3.8, 4) is 0 Å². The highest BCUT2D eigenvalue weighted by molar-refractivity contribution is 9.10. The first-order valence-corrected chi connectivity index (χ1v) is 7.46. The Morgan fingerprint density at radius 1 is 1.16 bits per heavy atom. The molecule has 2 aromatic rings. The molecule has 0 amide bonds. The van der Waals surface area contributed by atoms with Gasteiger partial charge in [-0.2, -0.15) is 0 Å². The summed E-state index contributed by atoms with van der Waals surface area (Å²) >= 11 is 3.15. The minimum Gasteiger partial charge on any atom is -0.398 e. The predicted octanol–water partition coefficient (Wildman–Crippen LogP) is 3.62. The van der Waals surface area contributed by atoms with Crippen LogP contribution in [-0.2, 0) is 16.6 Å². The maximum absolute atomic E-state index is 13.6. The molecule has 2 rings (SSSR count). The lowest BCUT2D eigenvalue weighted by atomic mass is 10.2.